The van der Waals surface area contributed by atoms with Crippen LogP contribution in [0.5, 0.6) is 0 Å². The molecule has 4 rings (SSSR count). The molecule has 0 atom stereocenters. The molecule has 2 aliphatic rings. The molecule has 3 amide bonds. The number of anilines is 1. The Bertz CT molecular complexity index is 1020. The summed E-state index contributed by atoms with van der Waals surface area (Å²) in [6.45, 7) is 1.28. The molecule has 2 N–H and O–H groups in total. The van der Waals surface area contributed by atoms with Gasteiger partial charge in [0.25, 0.3) is 5.91 Å². The molecule has 1 saturated heterocycles. The van der Waals surface area contributed by atoms with Crippen molar-refractivity contribution in [2.75, 3.05) is 38.1 Å². The van der Waals surface area contributed by atoms with Crippen LogP contribution in [0, 0.1) is 5.92 Å². The van der Waals surface area contributed by atoms with Gasteiger partial charge in [0.05, 0.1) is 17.5 Å². The van der Waals surface area contributed by atoms with Crippen LogP contribution >= 0.6 is 11.6 Å². The molecule has 0 radical (unpaired) electrons. The van der Waals surface area contributed by atoms with Crippen LogP contribution in [0.15, 0.2) is 30.3 Å². The highest BCUT2D eigenvalue weighted by atomic mass is 35.5. The first-order valence-corrected chi connectivity index (χ1v) is 10.9. The quantitative estimate of drug-likeness (QED) is 0.677. The van der Waals surface area contributed by atoms with Gasteiger partial charge in [-0.05, 0) is 43.2 Å². The topological polar surface area (TPSA) is 86.8 Å². The summed E-state index contributed by atoms with van der Waals surface area (Å²) in [5.41, 5.74) is 3.37. The van der Waals surface area contributed by atoms with E-state index in [0.717, 1.165) is 5.39 Å². The summed E-state index contributed by atoms with van der Waals surface area (Å²) in [5, 5.41) is 5.90. The van der Waals surface area contributed by atoms with Gasteiger partial charge in [0.15, 0.2) is 0 Å². The summed E-state index contributed by atoms with van der Waals surface area (Å²) >= 11 is 5.97. The van der Waals surface area contributed by atoms with E-state index in [1.54, 1.807) is 34.2 Å². The van der Waals surface area contributed by atoms with Gasteiger partial charge in [-0.25, -0.2) is 14.8 Å². The lowest BCUT2D eigenvalue weighted by Crippen LogP contribution is -2.56. The average Bonchev–Trinajstić information content (AvgIpc) is 2.72. The number of hydrogen-bond donors (Lipinski definition) is 2. The fraction of sp³-hybridized carbons (Fsp3) is 0.476. The lowest BCUT2D eigenvalue weighted by atomic mass is 9.82. The lowest BCUT2D eigenvalue weighted by Gasteiger charge is -2.36. The van der Waals surface area contributed by atoms with Crippen molar-refractivity contribution in [2.24, 2.45) is 5.92 Å². The molecule has 0 bridgehead atoms. The van der Waals surface area contributed by atoms with E-state index in [9.17, 15) is 22.8 Å². The molecule has 1 aromatic heterocycles. The van der Waals surface area contributed by atoms with E-state index in [0.29, 0.717) is 42.5 Å². The molecular formula is C21H23ClF3N5O3. The zero-order valence-corrected chi connectivity index (χ0v) is 18.3. The van der Waals surface area contributed by atoms with Gasteiger partial charge in [-0.2, -0.15) is 13.2 Å². The van der Waals surface area contributed by atoms with Crippen molar-refractivity contribution in [3.63, 3.8) is 0 Å². The molecule has 12 heteroatoms. The second kappa shape index (κ2) is 9.70. The lowest BCUT2D eigenvalue weighted by molar-refractivity contribution is -0.219. The number of alkyl halides is 3. The Hall–Kier alpha value is -2.63. The number of carbonyl (C=O) groups excluding carboxylic acids is 2. The monoisotopic (exact) mass is 485 g/mol. The molecule has 8 nitrogen and oxygen atoms in total. The van der Waals surface area contributed by atoms with Crippen LogP contribution < -0.4 is 10.7 Å². The van der Waals surface area contributed by atoms with Gasteiger partial charge in [0, 0.05) is 36.6 Å². The molecule has 1 aliphatic heterocycles. The van der Waals surface area contributed by atoms with E-state index in [-0.39, 0.29) is 25.5 Å². The van der Waals surface area contributed by atoms with Crippen LogP contribution in [-0.4, -0.2) is 71.9 Å². The molecule has 2 fully saturated rings. The smallest absolute Gasteiger partial charge is 0.368 e. The van der Waals surface area contributed by atoms with Crippen LogP contribution in [0.3, 0.4) is 0 Å². The number of pyridine rings is 1. The second-order valence-corrected chi connectivity index (χ2v) is 8.55. The van der Waals surface area contributed by atoms with Gasteiger partial charge in [0.2, 0.25) is 0 Å². The third-order valence-corrected chi connectivity index (χ3v) is 5.98. The third kappa shape index (κ3) is 6.04. The van der Waals surface area contributed by atoms with Gasteiger partial charge in [-0.3, -0.25) is 15.5 Å². The highest BCUT2D eigenvalue weighted by Crippen LogP contribution is 2.42. The minimum Gasteiger partial charge on any atom is -0.368 e. The Morgan fingerprint density at radius 3 is 2.55 bits per heavy atom. The summed E-state index contributed by atoms with van der Waals surface area (Å²) in [5.74, 6) is -1.34. The first-order valence-electron chi connectivity index (χ1n) is 10.5. The summed E-state index contributed by atoms with van der Waals surface area (Å²) in [6.07, 6.45) is -4.95. The molecule has 1 aliphatic carbocycles. The number of piperazine rings is 1. The van der Waals surface area contributed by atoms with E-state index in [1.807, 2.05) is 6.07 Å². The van der Waals surface area contributed by atoms with Crippen LogP contribution in [0.2, 0.25) is 5.02 Å². The number of hydrazine groups is 1. The van der Waals surface area contributed by atoms with E-state index in [4.69, 9.17) is 16.3 Å². The number of rotatable bonds is 5. The van der Waals surface area contributed by atoms with Gasteiger partial charge < -0.3 is 9.64 Å². The van der Waals surface area contributed by atoms with Crippen LogP contribution in [-0.2, 0) is 9.53 Å². The Morgan fingerprint density at radius 1 is 1.12 bits per heavy atom. The van der Waals surface area contributed by atoms with Crippen molar-refractivity contribution in [3.8, 4) is 0 Å². The van der Waals surface area contributed by atoms with Crippen LogP contribution in [0.4, 0.5) is 23.8 Å². The summed E-state index contributed by atoms with van der Waals surface area (Å²) in [6, 6.07) is 8.52. The highest BCUT2D eigenvalue weighted by Gasteiger charge is 2.48. The van der Waals surface area contributed by atoms with Gasteiger partial charge in [0.1, 0.15) is 12.4 Å². The fourth-order valence-electron chi connectivity index (χ4n) is 3.75. The van der Waals surface area contributed by atoms with Crippen molar-refractivity contribution in [1.82, 2.24) is 20.3 Å². The van der Waals surface area contributed by atoms with Crippen LogP contribution in [0.1, 0.15) is 12.8 Å². The van der Waals surface area contributed by atoms with Gasteiger partial charge in [-0.1, -0.05) is 11.6 Å². The molecule has 2 aromatic rings. The number of nitrogens with zero attached hydrogens (tertiary/aromatic N) is 3. The molecule has 2 heterocycles. The standard InChI is InChI=1S/C21H23ClF3N5O3/c22-15-2-3-17-13(9-15)1-4-18(26-17)27-20(32)29-5-7-30(8-6-29)28-19(31)12-33-16-10-14(11-16)21(23,24)25/h1-4,9,14,16H,5-8,10-12H2,(H,28,31)(H,26,27,32)/t14-,16+. The number of halogens is 4. The molecule has 1 saturated carbocycles. The Morgan fingerprint density at radius 2 is 1.85 bits per heavy atom. The van der Waals surface area contributed by atoms with Gasteiger partial charge in [-0.15, -0.1) is 0 Å². The van der Waals surface area contributed by atoms with Crippen molar-refractivity contribution in [2.45, 2.75) is 25.1 Å². The molecule has 0 spiro atoms. The predicted octanol–water partition coefficient (Wildman–Crippen LogP) is 3.43. The van der Waals surface area contributed by atoms with Gasteiger partial charge >= 0.3 is 12.2 Å². The average molecular weight is 486 g/mol. The Balaban J connectivity index is 1.17. The number of urea groups is 1. The van der Waals surface area contributed by atoms with E-state index >= 15 is 0 Å². The number of nitrogens with one attached hydrogen (secondary N) is 2. The third-order valence-electron chi connectivity index (χ3n) is 5.74. The first-order chi connectivity index (χ1) is 15.7. The minimum absolute atomic E-state index is 0.107. The number of amides is 3. The fourth-order valence-corrected chi connectivity index (χ4v) is 3.93. The number of carbonyl (C=O) groups is 2. The zero-order valence-electron chi connectivity index (χ0n) is 17.6. The van der Waals surface area contributed by atoms with E-state index in [2.05, 4.69) is 15.7 Å². The van der Waals surface area contributed by atoms with Crippen molar-refractivity contribution >= 4 is 40.3 Å². The number of ether oxygens (including phenoxy) is 1. The zero-order chi connectivity index (χ0) is 23.6. The predicted molar refractivity (Wildman–Crippen MR) is 116 cm³/mol. The van der Waals surface area contributed by atoms with E-state index in [1.165, 1.54) is 0 Å². The maximum Gasteiger partial charge on any atom is 0.392 e. The SMILES string of the molecule is O=C(CO[C@H]1C[C@@H](C(F)(F)F)C1)NN1CCN(C(=O)Nc2ccc3cc(Cl)ccc3n2)CC1. The molecule has 178 valence electrons. The number of benzene rings is 1. The normalized spacial score (nSPS) is 21.5. The molecule has 1 aromatic carbocycles. The Kier molecular flexibility index (Phi) is 6.91. The Labute approximate surface area is 193 Å². The maximum atomic E-state index is 12.5. The van der Waals surface area contributed by atoms with E-state index < -0.39 is 24.1 Å². The van der Waals surface area contributed by atoms with Crippen molar-refractivity contribution in [1.29, 1.82) is 0 Å². The largest absolute Gasteiger partial charge is 0.392 e. The summed E-state index contributed by atoms with van der Waals surface area (Å²) in [4.78, 5) is 30.6. The summed E-state index contributed by atoms with van der Waals surface area (Å²) < 4.78 is 42.7. The first kappa shape index (κ1) is 23.5. The number of fused-ring (bicyclic) bond motifs is 1. The maximum absolute atomic E-state index is 12.5. The second-order valence-electron chi connectivity index (χ2n) is 8.12. The highest BCUT2D eigenvalue weighted by molar-refractivity contribution is 6.31. The summed E-state index contributed by atoms with van der Waals surface area (Å²) in [7, 11) is 0. The molecular weight excluding hydrogens is 463 g/mol. The molecule has 33 heavy (non-hydrogen) atoms. The minimum atomic E-state index is -4.20. The van der Waals surface area contributed by atoms with Crippen LogP contribution in [0.25, 0.3) is 10.9 Å². The molecule has 0 unspecified atom stereocenters. The van der Waals surface area contributed by atoms with Crippen molar-refractivity contribution in [3.05, 3.63) is 35.4 Å². The number of hydrogen-bond acceptors (Lipinski definition) is 5. The van der Waals surface area contributed by atoms with Crippen molar-refractivity contribution < 1.29 is 27.5 Å². The number of aromatic nitrogens is 1.